The predicted octanol–water partition coefficient (Wildman–Crippen LogP) is 4.10. The highest BCUT2D eigenvalue weighted by Crippen LogP contribution is 2.30. The van der Waals surface area contributed by atoms with Crippen LogP contribution in [0.1, 0.15) is 12.5 Å². The molecular formula is C18H15ClN4. The van der Waals surface area contributed by atoms with Gasteiger partial charge >= 0.3 is 0 Å². The second-order valence-electron chi connectivity index (χ2n) is 5.45. The zero-order valence-electron chi connectivity index (χ0n) is 12.6. The Labute approximate surface area is 140 Å². The maximum Gasteiger partial charge on any atom is 0.223 e. The number of amidine groups is 1. The van der Waals surface area contributed by atoms with Crippen molar-refractivity contribution in [1.82, 2.24) is 4.90 Å². The molecule has 114 valence electrons. The van der Waals surface area contributed by atoms with Crippen LogP contribution in [-0.4, -0.2) is 22.7 Å². The van der Waals surface area contributed by atoms with Gasteiger partial charge in [-0.25, -0.2) is 10.0 Å². The Kier molecular flexibility index (Phi) is 3.39. The van der Waals surface area contributed by atoms with Crippen LogP contribution >= 0.6 is 11.6 Å². The molecule has 23 heavy (non-hydrogen) atoms. The third kappa shape index (κ3) is 2.51. The number of para-hydroxylation sites is 1. The molecule has 2 aliphatic rings. The van der Waals surface area contributed by atoms with Gasteiger partial charge in [0.25, 0.3) is 0 Å². The fraction of sp³-hybridized carbons (Fsp3) is 0.111. The van der Waals surface area contributed by atoms with Gasteiger partial charge in [0.1, 0.15) is 0 Å². The van der Waals surface area contributed by atoms with Crippen molar-refractivity contribution in [3.63, 3.8) is 0 Å². The first-order chi connectivity index (χ1) is 11.2. The summed E-state index contributed by atoms with van der Waals surface area (Å²) in [6.45, 7) is 2.00. The minimum Gasteiger partial charge on any atom is -0.289 e. The Morgan fingerprint density at radius 1 is 1.00 bits per heavy atom. The molecule has 0 amide bonds. The molecule has 2 aromatic rings. The third-order valence-electron chi connectivity index (χ3n) is 3.83. The average Bonchev–Trinajstić information content (AvgIpc) is 2.95. The van der Waals surface area contributed by atoms with Crippen LogP contribution in [0.15, 0.2) is 77.0 Å². The Hall–Kier alpha value is -2.59. The van der Waals surface area contributed by atoms with Crippen molar-refractivity contribution in [2.45, 2.75) is 13.2 Å². The lowest BCUT2D eigenvalue weighted by molar-refractivity contribution is 0.430. The van der Waals surface area contributed by atoms with E-state index < -0.39 is 0 Å². The van der Waals surface area contributed by atoms with Gasteiger partial charge < -0.3 is 0 Å². The topological polar surface area (TPSA) is 31.2 Å². The Bertz CT molecular complexity index is 809. The molecular weight excluding hydrogens is 308 g/mol. The van der Waals surface area contributed by atoms with Crippen LogP contribution in [0.4, 0.5) is 5.69 Å². The molecule has 0 aromatic heterocycles. The predicted molar refractivity (Wildman–Crippen MR) is 94.8 cm³/mol. The second kappa shape index (κ2) is 5.56. The van der Waals surface area contributed by atoms with Gasteiger partial charge in [-0.15, -0.1) is 5.10 Å². The van der Waals surface area contributed by atoms with Gasteiger partial charge in [0.15, 0.2) is 5.84 Å². The highest BCUT2D eigenvalue weighted by atomic mass is 35.5. The number of hydrogen-bond donors (Lipinski definition) is 0. The van der Waals surface area contributed by atoms with Gasteiger partial charge in [0.05, 0.1) is 5.69 Å². The molecule has 0 bridgehead atoms. The smallest absolute Gasteiger partial charge is 0.223 e. The molecule has 2 aliphatic heterocycles. The number of aliphatic imine (C=N–C) groups is 1. The Morgan fingerprint density at radius 3 is 2.48 bits per heavy atom. The van der Waals surface area contributed by atoms with E-state index in [0.29, 0.717) is 5.02 Å². The van der Waals surface area contributed by atoms with E-state index in [0.717, 1.165) is 22.8 Å². The maximum absolute atomic E-state index is 6.00. The van der Waals surface area contributed by atoms with E-state index in [4.69, 9.17) is 21.7 Å². The van der Waals surface area contributed by atoms with Gasteiger partial charge in [0, 0.05) is 22.5 Å². The first-order valence-corrected chi connectivity index (χ1v) is 7.80. The van der Waals surface area contributed by atoms with E-state index in [-0.39, 0.29) is 6.29 Å². The molecule has 0 spiro atoms. The molecule has 0 radical (unpaired) electrons. The van der Waals surface area contributed by atoms with Gasteiger partial charge in [-0.2, -0.15) is 0 Å². The highest BCUT2D eigenvalue weighted by molar-refractivity contribution is 6.30. The van der Waals surface area contributed by atoms with E-state index in [1.807, 2.05) is 78.8 Å². The zero-order valence-corrected chi connectivity index (χ0v) is 13.4. The van der Waals surface area contributed by atoms with Crippen molar-refractivity contribution in [3.8, 4) is 0 Å². The molecule has 0 N–H and O–H groups in total. The number of halogens is 1. The summed E-state index contributed by atoms with van der Waals surface area (Å²) >= 11 is 6.00. The molecule has 1 atom stereocenters. The number of nitrogens with zero attached hydrogens (tertiary/aromatic N) is 4. The summed E-state index contributed by atoms with van der Waals surface area (Å²) in [5, 5.41) is 7.47. The van der Waals surface area contributed by atoms with Crippen molar-refractivity contribution in [2.24, 2.45) is 10.1 Å². The van der Waals surface area contributed by atoms with Crippen molar-refractivity contribution >= 4 is 28.8 Å². The minimum absolute atomic E-state index is 0.187. The van der Waals surface area contributed by atoms with E-state index >= 15 is 0 Å². The van der Waals surface area contributed by atoms with Gasteiger partial charge in [-0.3, -0.25) is 4.90 Å². The highest BCUT2D eigenvalue weighted by Gasteiger charge is 2.35. The van der Waals surface area contributed by atoms with E-state index in [2.05, 4.69) is 4.90 Å². The number of benzene rings is 2. The summed E-state index contributed by atoms with van der Waals surface area (Å²) in [5.41, 5.74) is 3.01. The SMILES string of the molecule is CC1=NC2N(C=C1)C(c1ccc(Cl)cc1)=NN2c1ccccc1. The van der Waals surface area contributed by atoms with Crippen LogP contribution in [0.5, 0.6) is 0 Å². The normalized spacial score (nSPS) is 19.5. The van der Waals surface area contributed by atoms with Crippen LogP contribution in [-0.2, 0) is 0 Å². The molecule has 2 heterocycles. The van der Waals surface area contributed by atoms with Crippen LogP contribution in [0.3, 0.4) is 0 Å². The molecule has 4 nitrogen and oxygen atoms in total. The molecule has 2 aromatic carbocycles. The number of rotatable bonds is 2. The molecule has 1 unspecified atom stereocenters. The third-order valence-corrected chi connectivity index (χ3v) is 4.09. The zero-order chi connectivity index (χ0) is 15.8. The minimum atomic E-state index is -0.187. The largest absolute Gasteiger partial charge is 0.289 e. The molecule has 0 saturated carbocycles. The summed E-state index contributed by atoms with van der Waals surface area (Å²) in [6.07, 6.45) is 3.84. The number of anilines is 1. The van der Waals surface area contributed by atoms with Crippen molar-refractivity contribution in [1.29, 1.82) is 0 Å². The quantitative estimate of drug-likeness (QED) is 0.833. The number of allylic oxidation sites excluding steroid dienone is 1. The standard InChI is InChI=1S/C18H15ClN4/c1-13-11-12-22-17(14-7-9-15(19)10-8-14)21-23(18(22)20-13)16-5-3-2-4-6-16/h2-12,18H,1H3. The number of hydrazone groups is 1. The van der Waals surface area contributed by atoms with E-state index in [1.54, 1.807) is 0 Å². The lowest BCUT2D eigenvalue weighted by Gasteiger charge is -2.28. The fourth-order valence-corrected chi connectivity index (χ4v) is 2.81. The summed E-state index contributed by atoms with van der Waals surface area (Å²) in [5.74, 6) is 0.864. The molecule has 0 saturated heterocycles. The Morgan fingerprint density at radius 2 is 1.74 bits per heavy atom. The van der Waals surface area contributed by atoms with Crippen molar-refractivity contribution in [3.05, 3.63) is 77.5 Å². The van der Waals surface area contributed by atoms with E-state index in [1.165, 1.54) is 0 Å². The van der Waals surface area contributed by atoms with Crippen molar-refractivity contribution < 1.29 is 0 Å². The average molecular weight is 323 g/mol. The van der Waals surface area contributed by atoms with Crippen LogP contribution in [0, 0.1) is 0 Å². The maximum atomic E-state index is 6.00. The van der Waals surface area contributed by atoms with Crippen LogP contribution in [0.2, 0.25) is 5.02 Å². The second-order valence-corrected chi connectivity index (χ2v) is 5.89. The van der Waals surface area contributed by atoms with Gasteiger partial charge in [-0.05, 0) is 49.4 Å². The lowest BCUT2D eigenvalue weighted by atomic mass is 10.2. The summed E-state index contributed by atoms with van der Waals surface area (Å²) < 4.78 is 0. The summed E-state index contributed by atoms with van der Waals surface area (Å²) in [7, 11) is 0. The monoisotopic (exact) mass is 322 g/mol. The van der Waals surface area contributed by atoms with Gasteiger partial charge in [-0.1, -0.05) is 29.8 Å². The summed E-state index contributed by atoms with van der Waals surface area (Å²) in [4.78, 5) is 6.81. The fourth-order valence-electron chi connectivity index (χ4n) is 2.69. The number of hydrogen-bond acceptors (Lipinski definition) is 4. The molecule has 0 aliphatic carbocycles. The van der Waals surface area contributed by atoms with E-state index in [9.17, 15) is 0 Å². The number of fused-ring (bicyclic) bond motifs is 1. The first-order valence-electron chi connectivity index (χ1n) is 7.42. The first kappa shape index (κ1) is 14.0. The van der Waals surface area contributed by atoms with Crippen LogP contribution < -0.4 is 5.01 Å². The van der Waals surface area contributed by atoms with Crippen LogP contribution in [0.25, 0.3) is 0 Å². The Balaban J connectivity index is 1.79. The van der Waals surface area contributed by atoms with Crippen molar-refractivity contribution in [2.75, 3.05) is 5.01 Å². The molecule has 5 heteroatoms. The molecule has 4 rings (SSSR count). The summed E-state index contributed by atoms with van der Waals surface area (Å²) in [6, 6.07) is 17.8. The molecule has 0 fully saturated rings. The lowest BCUT2D eigenvalue weighted by Crippen LogP contribution is -2.40. The van der Waals surface area contributed by atoms with Gasteiger partial charge in [0.2, 0.25) is 6.29 Å².